The topological polar surface area (TPSA) is 47.6 Å². The van der Waals surface area contributed by atoms with E-state index in [0.29, 0.717) is 0 Å². The summed E-state index contributed by atoms with van der Waals surface area (Å²) in [5.41, 5.74) is 0.900. The van der Waals surface area contributed by atoms with Crippen LogP contribution >= 0.6 is 7.60 Å². The number of para-hydroxylation sites is 1. The van der Waals surface area contributed by atoms with Gasteiger partial charge in [-0.1, -0.05) is 18.2 Å². The van der Waals surface area contributed by atoms with Crippen molar-refractivity contribution in [1.29, 1.82) is 0 Å². The Morgan fingerprint density at radius 1 is 1.06 bits per heavy atom. The van der Waals surface area contributed by atoms with Crippen molar-refractivity contribution >= 4 is 13.3 Å². The molecule has 1 aromatic carbocycles. The molecule has 5 heteroatoms. The van der Waals surface area contributed by atoms with E-state index in [9.17, 15) is 4.57 Å². The molecular weight excluding hydrogens is 249 g/mol. The van der Waals surface area contributed by atoms with Crippen molar-refractivity contribution in [2.24, 2.45) is 0 Å². The van der Waals surface area contributed by atoms with Crippen molar-refractivity contribution in [2.75, 3.05) is 11.6 Å². The van der Waals surface area contributed by atoms with Crippen LogP contribution in [0.25, 0.3) is 0 Å². The highest BCUT2D eigenvalue weighted by molar-refractivity contribution is 7.54. The van der Waals surface area contributed by atoms with Crippen LogP contribution in [-0.2, 0) is 13.6 Å². The molecule has 0 fully saturated rings. The van der Waals surface area contributed by atoms with E-state index in [-0.39, 0.29) is 18.5 Å². The summed E-state index contributed by atoms with van der Waals surface area (Å²) in [4.78, 5) is 0. The monoisotopic (exact) mass is 271 g/mol. The van der Waals surface area contributed by atoms with Gasteiger partial charge >= 0.3 is 7.60 Å². The minimum Gasteiger partial charge on any atom is -0.374 e. The number of rotatable bonds is 7. The molecule has 102 valence electrons. The molecule has 1 aromatic rings. The first-order valence-corrected chi connectivity index (χ1v) is 7.89. The van der Waals surface area contributed by atoms with E-state index < -0.39 is 7.60 Å². The third kappa shape index (κ3) is 5.67. The zero-order valence-electron chi connectivity index (χ0n) is 11.4. The second-order valence-corrected chi connectivity index (χ2v) is 6.58. The summed E-state index contributed by atoms with van der Waals surface area (Å²) in [6, 6.07) is 9.59. The number of anilines is 1. The van der Waals surface area contributed by atoms with E-state index in [4.69, 9.17) is 9.05 Å². The van der Waals surface area contributed by atoms with Crippen LogP contribution in [0.4, 0.5) is 5.69 Å². The molecule has 4 nitrogen and oxygen atoms in total. The van der Waals surface area contributed by atoms with Gasteiger partial charge in [-0.2, -0.15) is 0 Å². The van der Waals surface area contributed by atoms with Gasteiger partial charge in [0.15, 0.2) is 0 Å². The zero-order valence-corrected chi connectivity index (χ0v) is 12.3. The lowest BCUT2D eigenvalue weighted by Gasteiger charge is -2.23. The number of nitrogens with one attached hydrogen (secondary N) is 1. The van der Waals surface area contributed by atoms with Crippen LogP contribution < -0.4 is 5.32 Å². The summed E-state index contributed by atoms with van der Waals surface area (Å²) in [7, 11) is -3.11. The van der Waals surface area contributed by atoms with Crippen molar-refractivity contribution in [3.8, 4) is 0 Å². The second-order valence-electron chi connectivity index (χ2n) is 4.62. The summed E-state index contributed by atoms with van der Waals surface area (Å²) in [5.74, 6) is 0. The minimum absolute atomic E-state index is 0.132. The lowest BCUT2D eigenvalue weighted by Crippen LogP contribution is -2.14. The Balaban J connectivity index is 2.64. The van der Waals surface area contributed by atoms with Gasteiger partial charge in [0.25, 0.3) is 0 Å². The van der Waals surface area contributed by atoms with E-state index in [0.717, 1.165) is 5.69 Å². The normalized spacial score (nSPS) is 12.1. The first-order chi connectivity index (χ1) is 8.41. The molecule has 0 bridgehead atoms. The fourth-order valence-electron chi connectivity index (χ4n) is 1.49. The predicted octanol–water partition coefficient (Wildman–Crippen LogP) is 4.10. The van der Waals surface area contributed by atoms with E-state index in [1.165, 1.54) is 0 Å². The molecule has 0 aliphatic carbocycles. The zero-order chi connectivity index (χ0) is 13.6. The van der Waals surface area contributed by atoms with Gasteiger partial charge in [0.1, 0.15) is 6.29 Å². The van der Waals surface area contributed by atoms with Crippen LogP contribution in [0, 0.1) is 0 Å². The molecule has 0 amide bonds. The highest BCUT2D eigenvalue weighted by atomic mass is 31.2. The van der Waals surface area contributed by atoms with Gasteiger partial charge < -0.3 is 14.4 Å². The van der Waals surface area contributed by atoms with Crippen molar-refractivity contribution in [3.05, 3.63) is 30.3 Å². The van der Waals surface area contributed by atoms with Crippen LogP contribution in [0.2, 0.25) is 0 Å². The standard InChI is InChI=1S/C13H22NO3P/c1-11(2)16-18(15,17-12(3)4)10-14-13-8-6-5-7-9-13/h5-9,11-12,14H,10H2,1-4H3. The summed E-state index contributed by atoms with van der Waals surface area (Å²) in [6.07, 6.45) is -0.0905. The van der Waals surface area contributed by atoms with Gasteiger partial charge in [-0.25, -0.2) is 0 Å². The number of hydrogen-bond donors (Lipinski definition) is 1. The number of hydrogen-bond acceptors (Lipinski definition) is 4. The smallest absolute Gasteiger partial charge is 0.350 e. The van der Waals surface area contributed by atoms with Gasteiger partial charge in [0.2, 0.25) is 0 Å². The Morgan fingerprint density at radius 3 is 2.00 bits per heavy atom. The van der Waals surface area contributed by atoms with Crippen molar-refractivity contribution in [2.45, 2.75) is 39.9 Å². The minimum atomic E-state index is -3.11. The lowest BCUT2D eigenvalue weighted by molar-refractivity contribution is 0.143. The molecule has 1 rings (SSSR count). The quantitative estimate of drug-likeness (QED) is 0.758. The molecule has 18 heavy (non-hydrogen) atoms. The summed E-state index contributed by atoms with van der Waals surface area (Å²) >= 11 is 0. The van der Waals surface area contributed by atoms with Gasteiger partial charge in [0, 0.05) is 5.69 Å². The Labute approximate surface area is 109 Å². The van der Waals surface area contributed by atoms with E-state index in [2.05, 4.69) is 5.32 Å². The SMILES string of the molecule is CC(C)OP(=O)(CNc1ccccc1)OC(C)C. The van der Waals surface area contributed by atoms with Crippen LogP contribution in [0.15, 0.2) is 30.3 Å². The van der Waals surface area contributed by atoms with E-state index in [1.807, 2.05) is 58.0 Å². The number of benzene rings is 1. The third-order valence-electron chi connectivity index (χ3n) is 1.99. The molecule has 1 N–H and O–H groups in total. The Hall–Kier alpha value is -0.830. The van der Waals surface area contributed by atoms with Gasteiger partial charge in [-0.05, 0) is 39.8 Å². The molecule has 0 unspecified atom stereocenters. The highest BCUT2D eigenvalue weighted by Crippen LogP contribution is 2.50. The largest absolute Gasteiger partial charge is 0.374 e. The van der Waals surface area contributed by atoms with Gasteiger partial charge in [-0.3, -0.25) is 4.57 Å². The van der Waals surface area contributed by atoms with Crippen molar-refractivity contribution in [3.63, 3.8) is 0 Å². The maximum atomic E-state index is 12.5. The van der Waals surface area contributed by atoms with Crippen LogP contribution in [0.5, 0.6) is 0 Å². The second kappa shape index (κ2) is 6.93. The van der Waals surface area contributed by atoms with Crippen molar-refractivity contribution in [1.82, 2.24) is 0 Å². The molecule has 0 atom stereocenters. The summed E-state index contributed by atoms with van der Waals surface area (Å²) in [6.45, 7) is 7.38. The average molecular weight is 271 g/mol. The predicted molar refractivity (Wildman–Crippen MR) is 75.0 cm³/mol. The molecule has 0 saturated heterocycles. The van der Waals surface area contributed by atoms with Gasteiger partial charge in [0.05, 0.1) is 12.2 Å². The molecule has 0 saturated carbocycles. The Kier molecular flexibility index (Phi) is 5.86. The maximum Gasteiger partial charge on any atom is 0.350 e. The molecule has 0 aliphatic heterocycles. The van der Waals surface area contributed by atoms with Crippen LogP contribution in [-0.4, -0.2) is 18.5 Å². The average Bonchev–Trinajstić information content (AvgIpc) is 2.26. The summed E-state index contributed by atoms with van der Waals surface area (Å²) in [5, 5.41) is 3.08. The first-order valence-electron chi connectivity index (χ1n) is 6.16. The van der Waals surface area contributed by atoms with Gasteiger partial charge in [-0.15, -0.1) is 0 Å². The Bertz CT molecular complexity index is 378. The first kappa shape index (κ1) is 15.2. The Morgan fingerprint density at radius 2 is 1.56 bits per heavy atom. The molecule has 0 spiro atoms. The molecule has 0 radical (unpaired) electrons. The summed E-state index contributed by atoms with van der Waals surface area (Å²) < 4.78 is 23.4. The maximum absolute atomic E-state index is 12.5. The fraction of sp³-hybridized carbons (Fsp3) is 0.538. The van der Waals surface area contributed by atoms with Crippen LogP contribution in [0.1, 0.15) is 27.7 Å². The van der Waals surface area contributed by atoms with Crippen LogP contribution in [0.3, 0.4) is 0 Å². The fourth-order valence-corrected chi connectivity index (χ4v) is 3.35. The molecular formula is C13H22NO3P. The van der Waals surface area contributed by atoms with E-state index in [1.54, 1.807) is 0 Å². The molecule has 0 aliphatic rings. The van der Waals surface area contributed by atoms with E-state index >= 15 is 0 Å². The third-order valence-corrected chi connectivity index (χ3v) is 4.02. The van der Waals surface area contributed by atoms with Crippen molar-refractivity contribution < 1.29 is 13.6 Å². The molecule has 0 heterocycles. The molecule has 0 aromatic heterocycles. The highest BCUT2D eigenvalue weighted by Gasteiger charge is 2.27. The lowest BCUT2D eigenvalue weighted by atomic mass is 10.3.